The Morgan fingerprint density at radius 3 is 2.34 bits per heavy atom. The van der Waals surface area contributed by atoms with Crippen molar-refractivity contribution >= 4 is 35.1 Å². The molecule has 2 saturated heterocycles. The number of nitrogens with zero attached hydrogens (tertiary/aromatic N) is 2. The predicted molar refractivity (Wildman–Crippen MR) is 129 cm³/mol. The van der Waals surface area contributed by atoms with Gasteiger partial charge >= 0.3 is 5.97 Å². The predicted octanol–water partition coefficient (Wildman–Crippen LogP) is 3.80. The highest BCUT2D eigenvalue weighted by Crippen LogP contribution is 2.56. The van der Waals surface area contributed by atoms with Crippen molar-refractivity contribution in [2.45, 2.75) is 39.5 Å². The normalized spacial score (nSPS) is 29.3. The van der Waals surface area contributed by atoms with Crippen molar-refractivity contribution in [3.63, 3.8) is 0 Å². The van der Waals surface area contributed by atoms with Crippen LogP contribution in [-0.2, 0) is 19.2 Å². The topological polar surface area (TPSA) is 84.0 Å². The molecule has 2 aromatic carbocycles. The Balaban J connectivity index is 1.17. The Bertz CT molecular complexity index is 1240. The Kier molecular flexibility index (Phi) is 5.06. The quantitative estimate of drug-likeness (QED) is 0.384. The summed E-state index contributed by atoms with van der Waals surface area (Å²) in [6.45, 7) is 4.21. The molecule has 0 unspecified atom stereocenters. The van der Waals surface area contributed by atoms with E-state index in [0.29, 0.717) is 17.5 Å². The molecule has 2 aliphatic carbocycles. The minimum atomic E-state index is -0.586. The number of amides is 3. The van der Waals surface area contributed by atoms with Gasteiger partial charge in [-0.15, -0.1) is 0 Å². The average molecular weight is 473 g/mol. The van der Waals surface area contributed by atoms with Crippen molar-refractivity contribution in [1.29, 1.82) is 0 Å². The van der Waals surface area contributed by atoms with Gasteiger partial charge in [-0.2, -0.15) is 0 Å². The number of esters is 1. The second-order valence-electron chi connectivity index (χ2n) is 10.5. The summed E-state index contributed by atoms with van der Waals surface area (Å²) < 4.78 is 5.63. The third-order valence-corrected chi connectivity index (χ3v) is 8.32. The number of ether oxygens (including phenoxy) is 1. The zero-order chi connectivity index (χ0) is 24.4. The van der Waals surface area contributed by atoms with Gasteiger partial charge in [0.1, 0.15) is 5.75 Å². The summed E-state index contributed by atoms with van der Waals surface area (Å²) >= 11 is 0. The molecule has 7 heteroatoms. The lowest BCUT2D eigenvalue weighted by atomic mass is 9.81. The maximum Gasteiger partial charge on any atom is 0.316 e. The van der Waals surface area contributed by atoms with E-state index in [-0.39, 0.29) is 48.3 Å². The van der Waals surface area contributed by atoms with Gasteiger partial charge < -0.3 is 9.64 Å². The molecule has 6 rings (SSSR count). The Morgan fingerprint density at radius 2 is 1.66 bits per heavy atom. The number of fused-ring (bicyclic) bond motifs is 5. The smallest absolute Gasteiger partial charge is 0.316 e. The fourth-order valence-corrected chi connectivity index (χ4v) is 6.76. The second kappa shape index (κ2) is 8.04. The number of carbonyl (C=O) groups excluding carboxylic acids is 4. The summed E-state index contributed by atoms with van der Waals surface area (Å²) in [4.78, 5) is 54.8. The number of imide groups is 1. The van der Waals surface area contributed by atoms with Crippen LogP contribution in [0.1, 0.15) is 36.8 Å². The highest BCUT2D eigenvalue weighted by atomic mass is 16.5. The van der Waals surface area contributed by atoms with Crippen LogP contribution in [0.3, 0.4) is 0 Å². The van der Waals surface area contributed by atoms with E-state index in [1.54, 1.807) is 29.2 Å². The van der Waals surface area contributed by atoms with Crippen molar-refractivity contribution in [3.8, 4) is 5.75 Å². The van der Waals surface area contributed by atoms with E-state index in [1.165, 1.54) is 4.90 Å². The van der Waals surface area contributed by atoms with Crippen LogP contribution in [0.5, 0.6) is 5.75 Å². The molecular weight excluding hydrogens is 444 g/mol. The SMILES string of the molecule is Cc1ccc(N2C[C@@H](C(=O)Oc3cccc(N4C(=O)[C@@H]5[C@H]6CC[C@@H](C6)[C@@H]5C4=O)c3)CC2=O)c(C)c1. The first kappa shape index (κ1) is 22.0. The van der Waals surface area contributed by atoms with Crippen molar-refractivity contribution in [3.05, 3.63) is 53.6 Å². The molecule has 35 heavy (non-hydrogen) atoms. The fourth-order valence-electron chi connectivity index (χ4n) is 6.76. The zero-order valence-corrected chi connectivity index (χ0v) is 19.9. The van der Waals surface area contributed by atoms with Gasteiger partial charge in [-0.3, -0.25) is 19.2 Å². The number of hydrogen-bond donors (Lipinski definition) is 0. The van der Waals surface area contributed by atoms with Crippen LogP contribution >= 0.6 is 0 Å². The molecule has 0 N–H and O–H groups in total. The van der Waals surface area contributed by atoms with Crippen LogP contribution < -0.4 is 14.5 Å². The third kappa shape index (κ3) is 3.48. The van der Waals surface area contributed by atoms with Crippen molar-refractivity contribution < 1.29 is 23.9 Å². The van der Waals surface area contributed by atoms with Crippen LogP contribution in [0.15, 0.2) is 42.5 Å². The minimum absolute atomic E-state index is 0.0844. The first-order valence-electron chi connectivity index (χ1n) is 12.4. The first-order valence-corrected chi connectivity index (χ1v) is 12.4. The highest BCUT2D eigenvalue weighted by molar-refractivity contribution is 6.22. The summed E-state index contributed by atoms with van der Waals surface area (Å²) in [5, 5.41) is 0. The van der Waals surface area contributed by atoms with Gasteiger partial charge in [-0.05, 0) is 68.7 Å². The van der Waals surface area contributed by atoms with Crippen LogP contribution in [0, 0.1) is 43.4 Å². The summed E-state index contributed by atoms with van der Waals surface area (Å²) in [7, 11) is 0. The Hall–Kier alpha value is -3.48. The lowest BCUT2D eigenvalue weighted by molar-refractivity contribution is -0.139. The molecule has 2 aromatic rings. The molecule has 0 spiro atoms. The average Bonchev–Trinajstić information content (AvgIpc) is 3.58. The summed E-state index contributed by atoms with van der Waals surface area (Å²) in [6, 6.07) is 12.5. The molecule has 2 aliphatic heterocycles. The molecule has 4 fully saturated rings. The van der Waals surface area contributed by atoms with Crippen LogP contribution in [0.2, 0.25) is 0 Å². The maximum absolute atomic E-state index is 13.1. The molecule has 2 saturated carbocycles. The fraction of sp³-hybridized carbons (Fsp3) is 0.429. The van der Waals surface area contributed by atoms with Gasteiger partial charge in [0.15, 0.2) is 0 Å². The van der Waals surface area contributed by atoms with Crippen LogP contribution in [0.25, 0.3) is 0 Å². The number of carbonyl (C=O) groups is 4. The van der Waals surface area contributed by atoms with Crippen molar-refractivity contribution in [2.24, 2.45) is 29.6 Å². The van der Waals surface area contributed by atoms with E-state index in [4.69, 9.17) is 4.74 Å². The first-order chi connectivity index (χ1) is 16.8. The Morgan fingerprint density at radius 1 is 0.943 bits per heavy atom. The van der Waals surface area contributed by atoms with E-state index in [9.17, 15) is 19.2 Å². The largest absolute Gasteiger partial charge is 0.426 e. The number of rotatable bonds is 4. The molecule has 0 radical (unpaired) electrons. The van der Waals surface area contributed by atoms with E-state index >= 15 is 0 Å². The van der Waals surface area contributed by atoms with Crippen molar-refractivity contribution in [2.75, 3.05) is 16.3 Å². The number of benzene rings is 2. The molecule has 2 bridgehead atoms. The van der Waals surface area contributed by atoms with Gasteiger partial charge in [-0.25, -0.2) is 4.90 Å². The van der Waals surface area contributed by atoms with Gasteiger partial charge in [0.2, 0.25) is 17.7 Å². The molecule has 4 aliphatic rings. The van der Waals surface area contributed by atoms with Crippen LogP contribution in [0.4, 0.5) is 11.4 Å². The Labute approximate surface area is 204 Å². The molecule has 3 amide bonds. The monoisotopic (exact) mass is 472 g/mol. The molecule has 0 aromatic heterocycles. The van der Waals surface area contributed by atoms with E-state index < -0.39 is 11.9 Å². The van der Waals surface area contributed by atoms with Gasteiger partial charge in [0, 0.05) is 24.7 Å². The van der Waals surface area contributed by atoms with Gasteiger partial charge in [-0.1, -0.05) is 23.8 Å². The molecule has 2 heterocycles. The standard InChI is InChI=1S/C28H28N2O5/c1-15-6-9-22(16(2)10-15)29-14-19(12-23(29)31)28(34)35-21-5-3-4-20(13-21)30-26(32)24-17-7-8-18(11-17)25(24)27(30)33/h3-6,9-10,13,17-19,24-25H,7-8,11-12,14H2,1-2H3/t17-,18-,19-,24-,25+/m0/s1. The van der Waals surface area contributed by atoms with Crippen molar-refractivity contribution in [1.82, 2.24) is 0 Å². The third-order valence-electron chi connectivity index (χ3n) is 8.32. The summed E-state index contributed by atoms with van der Waals surface area (Å²) in [5.74, 6) is -0.940. The molecule has 5 atom stereocenters. The van der Waals surface area contributed by atoms with Gasteiger partial charge in [0.05, 0.1) is 23.4 Å². The molecular formula is C28H28N2O5. The number of hydrogen-bond acceptors (Lipinski definition) is 5. The molecule has 7 nitrogen and oxygen atoms in total. The lowest BCUT2D eigenvalue weighted by Crippen LogP contribution is -2.32. The van der Waals surface area contributed by atoms with E-state index in [1.807, 2.05) is 32.0 Å². The van der Waals surface area contributed by atoms with E-state index in [2.05, 4.69) is 0 Å². The summed E-state index contributed by atoms with van der Waals surface area (Å²) in [6.07, 6.45) is 3.11. The number of aryl methyl sites for hydroxylation is 2. The van der Waals surface area contributed by atoms with Gasteiger partial charge in [0.25, 0.3) is 0 Å². The van der Waals surface area contributed by atoms with E-state index in [0.717, 1.165) is 36.1 Å². The zero-order valence-electron chi connectivity index (χ0n) is 19.9. The highest BCUT2D eigenvalue weighted by Gasteiger charge is 2.61. The minimum Gasteiger partial charge on any atom is -0.426 e. The molecule has 180 valence electrons. The lowest BCUT2D eigenvalue weighted by Gasteiger charge is -2.19. The second-order valence-corrected chi connectivity index (χ2v) is 10.5. The summed E-state index contributed by atoms with van der Waals surface area (Å²) in [5.41, 5.74) is 3.35. The maximum atomic E-state index is 13.1. The van der Waals surface area contributed by atoms with Crippen LogP contribution in [-0.4, -0.2) is 30.2 Å². The number of anilines is 2.